The van der Waals surface area contributed by atoms with E-state index in [-0.39, 0.29) is 30.2 Å². The number of allylic oxidation sites excluding steroid dienone is 2. The van der Waals surface area contributed by atoms with E-state index in [4.69, 9.17) is 5.26 Å². The SMILES string of the molecule is CC(CC#N)NC(=O)[C@H]1C2C=CC(C2)[C@H]1C(=O)O. The summed E-state index contributed by atoms with van der Waals surface area (Å²) in [6.45, 7) is 1.75. The van der Waals surface area contributed by atoms with Crippen LogP contribution in [0, 0.1) is 35.0 Å². The highest BCUT2D eigenvalue weighted by Crippen LogP contribution is 2.48. The first-order valence-electron chi connectivity index (χ1n) is 6.13. The Morgan fingerprint density at radius 3 is 2.61 bits per heavy atom. The second-order valence-electron chi connectivity index (χ2n) is 5.11. The van der Waals surface area contributed by atoms with Crippen LogP contribution in [0.5, 0.6) is 0 Å². The van der Waals surface area contributed by atoms with Gasteiger partial charge in [0, 0.05) is 6.04 Å². The van der Waals surface area contributed by atoms with E-state index in [1.165, 1.54) is 0 Å². The largest absolute Gasteiger partial charge is 0.481 e. The Kier molecular flexibility index (Phi) is 3.37. The van der Waals surface area contributed by atoms with Gasteiger partial charge < -0.3 is 10.4 Å². The Labute approximate surface area is 105 Å². The Hall–Kier alpha value is -1.83. The molecule has 1 amide bonds. The number of amides is 1. The molecule has 2 aliphatic rings. The van der Waals surface area contributed by atoms with E-state index in [9.17, 15) is 14.7 Å². The summed E-state index contributed by atoms with van der Waals surface area (Å²) in [4.78, 5) is 23.4. The van der Waals surface area contributed by atoms with E-state index in [1.807, 2.05) is 18.2 Å². The number of hydrogen-bond donors (Lipinski definition) is 2. The van der Waals surface area contributed by atoms with Crippen LogP contribution in [0.2, 0.25) is 0 Å². The first-order valence-corrected chi connectivity index (χ1v) is 6.13. The maximum absolute atomic E-state index is 12.1. The van der Waals surface area contributed by atoms with Crippen LogP contribution in [-0.2, 0) is 9.59 Å². The molecule has 1 saturated carbocycles. The third kappa shape index (κ3) is 2.10. The van der Waals surface area contributed by atoms with Crippen molar-refractivity contribution in [2.75, 3.05) is 0 Å². The predicted molar refractivity (Wildman–Crippen MR) is 63.2 cm³/mol. The highest BCUT2D eigenvalue weighted by Gasteiger charge is 2.51. The van der Waals surface area contributed by atoms with E-state index in [1.54, 1.807) is 6.92 Å². The second-order valence-corrected chi connectivity index (χ2v) is 5.11. The molecule has 0 heterocycles. The fourth-order valence-corrected chi connectivity index (χ4v) is 3.04. The van der Waals surface area contributed by atoms with Gasteiger partial charge in [0.25, 0.3) is 0 Å². The molecule has 0 aromatic carbocycles. The summed E-state index contributed by atoms with van der Waals surface area (Å²) in [5.41, 5.74) is 0. The molecule has 96 valence electrons. The van der Waals surface area contributed by atoms with Gasteiger partial charge in [0.1, 0.15) is 0 Å². The van der Waals surface area contributed by atoms with Crippen molar-refractivity contribution in [3.8, 4) is 6.07 Å². The van der Waals surface area contributed by atoms with E-state index >= 15 is 0 Å². The van der Waals surface area contributed by atoms with Gasteiger partial charge in [-0.25, -0.2) is 0 Å². The predicted octanol–water partition coefficient (Wildman–Crippen LogP) is 0.928. The Morgan fingerprint density at radius 2 is 2.06 bits per heavy atom. The lowest BCUT2D eigenvalue weighted by Gasteiger charge is -2.25. The molecule has 2 bridgehead atoms. The van der Waals surface area contributed by atoms with E-state index < -0.39 is 17.8 Å². The lowest BCUT2D eigenvalue weighted by Crippen LogP contribution is -2.43. The van der Waals surface area contributed by atoms with Crippen molar-refractivity contribution >= 4 is 11.9 Å². The molecule has 2 aliphatic carbocycles. The van der Waals surface area contributed by atoms with Crippen molar-refractivity contribution in [3.05, 3.63) is 12.2 Å². The summed E-state index contributed by atoms with van der Waals surface area (Å²) in [7, 11) is 0. The molecule has 5 heteroatoms. The molecule has 18 heavy (non-hydrogen) atoms. The number of carboxylic acids is 1. The van der Waals surface area contributed by atoms with Crippen molar-refractivity contribution < 1.29 is 14.7 Å². The fourth-order valence-electron chi connectivity index (χ4n) is 3.04. The fraction of sp³-hybridized carbons (Fsp3) is 0.615. The molecule has 1 fully saturated rings. The lowest BCUT2D eigenvalue weighted by atomic mass is 9.82. The highest BCUT2D eigenvalue weighted by atomic mass is 16.4. The average molecular weight is 248 g/mol. The smallest absolute Gasteiger partial charge is 0.307 e. The van der Waals surface area contributed by atoms with Crippen LogP contribution in [0.4, 0.5) is 0 Å². The van der Waals surface area contributed by atoms with Crippen LogP contribution in [0.15, 0.2) is 12.2 Å². The summed E-state index contributed by atoms with van der Waals surface area (Å²) in [6.07, 6.45) is 4.84. The van der Waals surface area contributed by atoms with Gasteiger partial charge in [-0.3, -0.25) is 9.59 Å². The third-order valence-electron chi connectivity index (χ3n) is 3.83. The van der Waals surface area contributed by atoms with Gasteiger partial charge in [-0.15, -0.1) is 0 Å². The van der Waals surface area contributed by atoms with Gasteiger partial charge in [0.2, 0.25) is 5.91 Å². The Bertz CT molecular complexity index is 438. The maximum Gasteiger partial charge on any atom is 0.307 e. The molecule has 0 saturated heterocycles. The van der Waals surface area contributed by atoms with Crippen molar-refractivity contribution in [2.24, 2.45) is 23.7 Å². The van der Waals surface area contributed by atoms with Crippen LogP contribution < -0.4 is 5.32 Å². The minimum Gasteiger partial charge on any atom is -0.481 e. The van der Waals surface area contributed by atoms with E-state index in [0.717, 1.165) is 6.42 Å². The summed E-state index contributed by atoms with van der Waals surface area (Å²) in [5, 5.41) is 20.5. The molecular weight excluding hydrogens is 232 g/mol. The number of carbonyl (C=O) groups is 2. The van der Waals surface area contributed by atoms with Crippen LogP contribution >= 0.6 is 0 Å². The Morgan fingerprint density at radius 1 is 1.44 bits per heavy atom. The van der Waals surface area contributed by atoms with Gasteiger partial charge in [0.05, 0.1) is 24.3 Å². The number of nitrogens with one attached hydrogen (secondary N) is 1. The second kappa shape index (κ2) is 4.81. The highest BCUT2D eigenvalue weighted by molar-refractivity contribution is 5.87. The third-order valence-corrected chi connectivity index (χ3v) is 3.83. The summed E-state index contributed by atoms with van der Waals surface area (Å²) in [6, 6.07) is 1.75. The number of rotatable bonds is 4. The number of carbonyl (C=O) groups excluding carboxylic acids is 1. The van der Waals surface area contributed by atoms with Crippen molar-refractivity contribution in [1.82, 2.24) is 5.32 Å². The van der Waals surface area contributed by atoms with Crippen molar-refractivity contribution in [2.45, 2.75) is 25.8 Å². The van der Waals surface area contributed by atoms with Gasteiger partial charge in [-0.05, 0) is 25.2 Å². The minimum atomic E-state index is -0.903. The molecule has 2 N–H and O–H groups in total. The first kappa shape index (κ1) is 12.6. The zero-order valence-corrected chi connectivity index (χ0v) is 10.2. The number of fused-ring (bicyclic) bond motifs is 2. The van der Waals surface area contributed by atoms with Crippen LogP contribution in [0.3, 0.4) is 0 Å². The Balaban J connectivity index is 2.08. The number of carboxylic acid groups (broad SMARTS) is 1. The molecule has 5 nitrogen and oxygen atoms in total. The number of nitriles is 1. The van der Waals surface area contributed by atoms with Gasteiger partial charge in [0.15, 0.2) is 0 Å². The molecule has 2 rings (SSSR count). The summed E-state index contributed by atoms with van der Waals surface area (Å²) >= 11 is 0. The van der Waals surface area contributed by atoms with E-state index in [0.29, 0.717) is 0 Å². The molecular formula is C13H16N2O3. The van der Waals surface area contributed by atoms with Gasteiger partial charge in [-0.1, -0.05) is 12.2 Å². The molecule has 0 aromatic rings. The molecule has 0 aromatic heterocycles. The lowest BCUT2D eigenvalue weighted by molar-refractivity contribution is -0.148. The average Bonchev–Trinajstić information content (AvgIpc) is 2.88. The molecule has 0 radical (unpaired) electrons. The maximum atomic E-state index is 12.1. The number of aliphatic carboxylic acids is 1. The first-order chi connectivity index (χ1) is 8.54. The summed E-state index contributed by atoms with van der Waals surface area (Å²) in [5.74, 6) is -2.23. The molecule has 3 unspecified atom stereocenters. The van der Waals surface area contributed by atoms with Crippen LogP contribution in [0.1, 0.15) is 19.8 Å². The van der Waals surface area contributed by atoms with Gasteiger partial charge in [-0.2, -0.15) is 5.26 Å². The molecule has 0 aliphatic heterocycles. The number of hydrogen-bond acceptors (Lipinski definition) is 3. The standard InChI is InChI=1S/C13H16N2O3/c1-7(4-5-14)15-12(16)10-8-2-3-9(6-8)11(10)13(17)18/h2-3,7-11H,4,6H2,1H3,(H,15,16)(H,17,18)/t7?,8?,9?,10-,11+/m0/s1. The molecule has 0 spiro atoms. The zero-order valence-electron chi connectivity index (χ0n) is 10.2. The van der Waals surface area contributed by atoms with Crippen LogP contribution in [0.25, 0.3) is 0 Å². The van der Waals surface area contributed by atoms with Crippen LogP contribution in [-0.4, -0.2) is 23.0 Å². The summed E-state index contributed by atoms with van der Waals surface area (Å²) < 4.78 is 0. The topological polar surface area (TPSA) is 90.2 Å². The van der Waals surface area contributed by atoms with Gasteiger partial charge >= 0.3 is 5.97 Å². The zero-order chi connectivity index (χ0) is 13.3. The quantitative estimate of drug-likeness (QED) is 0.724. The van der Waals surface area contributed by atoms with Crippen molar-refractivity contribution in [1.29, 1.82) is 5.26 Å². The van der Waals surface area contributed by atoms with Crippen molar-refractivity contribution in [3.63, 3.8) is 0 Å². The number of nitrogens with zero attached hydrogens (tertiary/aromatic N) is 1. The normalized spacial score (nSPS) is 34.0. The van der Waals surface area contributed by atoms with E-state index in [2.05, 4.69) is 5.32 Å². The molecule has 5 atom stereocenters. The monoisotopic (exact) mass is 248 g/mol. The minimum absolute atomic E-state index is 0.0190.